The van der Waals surface area contributed by atoms with Crippen molar-refractivity contribution in [3.63, 3.8) is 0 Å². The number of pyridine rings is 2. The van der Waals surface area contributed by atoms with Gasteiger partial charge in [0.05, 0.1) is 12.3 Å². The summed E-state index contributed by atoms with van der Waals surface area (Å²) >= 11 is 0. The van der Waals surface area contributed by atoms with Gasteiger partial charge >= 0.3 is 0 Å². The van der Waals surface area contributed by atoms with Crippen LogP contribution in [0.2, 0.25) is 0 Å². The number of hydrogen-bond donors (Lipinski definition) is 0. The maximum Gasteiger partial charge on any atom is 0.212 e. The summed E-state index contributed by atoms with van der Waals surface area (Å²) in [6.07, 6.45) is 5.08. The maximum atomic E-state index is 7.00. The molecule has 2 heterocycles. The highest BCUT2D eigenvalue weighted by molar-refractivity contribution is 5.73. The second-order valence-corrected chi connectivity index (χ2v) is 2.72. The Morgan fingerprint density at radius 1 is 1.14 bits per heavy atom. The van der Waals surface area contributed by atoms with E-state index in [1.165, 1.54) is 0 Å². The Morgan fingerprint density at radius 3 is 2.71 bits per heavy atom. The lowest BCUT2D eigenvalue weighted by Crippen LogP contribution is -1.83. The zero-order chi connectivity index (χ0) is 9.80. The number of aromatic nitrogens is 2. The van der Waals surface area contributed by atoms with Gasteiger partial charge in [-0.1, -0.05) is 18.2 Å². The molecule has 0 atom stereocenters. The van der Waals surface area contributed by atoms with Crippen LogP contribution in [0.3, 0.4) is 0 Å². The fourth-order valence-electron chi connectivity index (χ4n) is 1.21. The van der Waals surface area contributed by atoms with E-state index in [2.05, 4.69) is 14.8 Å². The third-order valence-corrected chi connectivity index (χ3v) is 1.84. The van der Waals surface area contributed by atoms with Crippen LogP contribution in [0, 0.1) is 6.57 Å². The first-order valence-corrected chi connectivity index (χ1v) is 4.14. The highest BCUT2D eigenvalue weighted by Crippen LogP contribution is 2.26. The van der Waals surface area contributed by atoms with Crippen LogP contribution >= 0.6 is 0 Å². The normalized spacial score (nSPS) is 9.36. The molecule has 2 rings (SSSR count). The third-order valence-electron chi connectivity index (χ3n) is 1.84. The van der Waals surface area contributed by atoms with Crippen molar-refractivity contribution in [2.45, 2.75) is 0 Å². The predicted octanol–water partition coefficient (Wildman–Crippen LogP) is 2.69. The summed E-state index contributed by atoms with van der Waals surface area (Å²) in [5, 5.41) is 0. The molecule has 0 amide bonds. The molecule has 0 radical (unpaired) electrons. The smallest absolute Gasteiger partial charge is 0.212 e. The number of hydrogen-bond acceptors (Lipinski definition) is 2. The first kappa shape index (κ1) is 8.39. The van der Waals surface area contributed by atoms with Gasteiger partial charge in [0.25, 0.3) is 0 Å². The summed E-state index contributed by atoms with van der Waals surface area (Å²) in [7, 11) is 0. The van der Waals surface area contributed by atoms with Crippen LogP contribution in [0.5, 0.6) is 0 Å². The van der Waals surface area contributed by atoms with Gasteiger partial charge in [-0.15, -0.1) is 0 Å². The molecular weight excluding hydrogens is 174 g/mol. The van der Waals surface area contributed by atoms with Gasteiger partial charge in [-0.2, -0.15) is 0 Å². The Bertz CT molecular complexity index is 471. The van der Waals surface area contributed by atoms with Gasteiger partial charge in [-0.05, 0) is 6.07 Å². The molecule has 0 N–H and O–H groups in total. The largest absolute Gasteiger partial charge is 0.268 e. The van der Waals surface area contributed by atoms with Crippen LogP contribution in [-0.4, -0.2) is 9.97 Å². The van der Waals surface area contributed by atoms with Crippen LogP contribution in [0.15, 0.2) is 42.9 Å². The van der Waals surface area contributed by atoms with E-state index in [9.17, 15) is 0 Å². The average Bonchev–Trinajstić information content (AvgIpc) is 2.30. The molecule has 3 heteroatoms. The van der Waals surface area contributed by atoms with Crippen LogP contribution in [0.1, 0.15) is 0 Å². The minimum absolute atomic E-state index is 0.556. The van der Waals surface area contributed by atoms with E-state index in [-0.39, 0.29) is 0 Å². The fourth-order valence-corrected chi connectivity index (χ4v) is 1.21. The van der Waals surface area contributed by atoms with Crippen molar-refractivity contribution in [2.24, 2.45) is 0 Å². The van der Waals surface area contributed by atoms with Crippen molar-refractivity contribution in [3.05, 3.63) is 54.3 Å². The van der Waals surface area contributed by atoms with E-state index in [0.29, 0.717) is 11.4 Å². The van der Waals surface area contributed by atoms with E-state index in [1.807, 2.05) is 12.1 Å². The Balaban J connectivity index is 2.58. The van der Waals surface area contributed by atoms with Gasteiger partial charge in [0.15, 0.2) is 0 Å². The fraction of sp³-hybridized carbons (Fsp3) is 0. The SMILES string of the molecule is [C-]#[N+]c1cccnc1-c1cccnc1. The van der Waals surface area contributed by atoms with E-state index >= 15 is 0 Å². The second kappa shape index (κ2) is 3.67. The molecule has 66 valence electrons. The molecule has 2 aromatic rings. The summed E-state index contributed by atoms with van der Waals surface area (Å²) in [6, 6.07) is 7.23. The van der Waals surface area contributed by atoms with Gasteiger partial charge in [-0.3, -0.25) is 9.97 Å². The molecule has 0 fully saturated rings. The van der Waals surface area contributed by atoms with Gasteiger partial charge in [0.1, 0.15) is 0 Å². The molecule has 0 aromatic carbocycles. The maximum absolute atomic E-state index is 7.00. The van der Waals surface area contributed by atoms with Gasteiger partial charge in [0, 0.05) is 24.2 Å². The molecule has 0 aliphatic carbocycles. The van der Waals surface area contributed by atoms with E-state index in [4.69, 9.17) is 6.57 Å². The Labute approximate surface area is 81.9 Å². The number of rotatable bonds is 1. The lowest BCUT2D eigenvalue weighted by atomic mass is 10.1. The predicted molar refractivity (Wildman–Crippen MR) is 53.7 cm³/mol. The molecule has 14 heavy (non-hydrogen) atoms. The summed E-state index contributed by atoms with van der Waals surface area (Å²) < 4.78 is 0. The minimum Gasteiger partial charge on any atom is -0.268 e. The molecule has 0 saturated carbocycles. The summed E-state index contributed by atoms with van der Waals surface area (Å²) in [5.41, 5.74) is 2.12. The standard InChI is InChI=1S/C11H7N3/c1-12-10-5-3-7-14-11(10)9-4-2-6-13-8-9/h2-8H. The van der Waals surface area contributed by atoms with Gasteiger partial charge in [0.2, 0.25) is 5.69 Å². The number of nitrogens with zero attached hydrogens (tertiary/aromatic N) is 3. The molecule has 0 spiro atoms. The highest BCUT2D eigenvalue weighted by atomic mass is 14.8. The molecule has 2 aromatic heterocycles. The zero-order valence-corrected chi connectivity index (χ0v) is 7.38. The van der Waals surface area contributed by atoms with Gasteiger partial charge in [-0.25, -0.2) is 4.85 Å². The highest BCUT2D eigenvalue weighted by Gasteiger charge is 2.04. The molecule has 3 nitrogen and oxygen atoms in total. The Kier molecular flexibility index (Phi) is 2.20. The van der Waals surface area contributed by atoms with Crippen LogP contribution in [0.4, 0.5) is 5.69 Å². The topological polar surface area (TPSA) is 30.1 Å². The van der Waals surface area contributed by atoms with Crippen molar-refractivity contribution in [1.82, 2.24) is 9.97 Å². The van der Waals surface area contributed by atoms with Crippen LogP contribution < -0.4 is 0 Å². The molecule has 0 bridgehead atoms. The average molecular weight is 181 g/mol. The minimum atomic E-state index is 0.556. The van der Waals surface area contributed by atoms with Crippen molar-refractivity contribution in [3.8, 4) is 11.3 Å². The lowest BCUT2D eigenvalue weighted by Gasteiger charge is -2.00. The molecule has 0 unspecified atom stereocenters. The summed E-state index contributed by atoms with van der Waals surface area (Å²) in [4.78, 5) is 11.6. The van der Waals surface area contributed by atoms with E-state index in [1.54, 1.807) is 30.7 Å². The molecule has 0 aliphatic rings. The van der Waals surface area contributed by atoms with E-state index < -0.39 is 0 Å². The second-order valence-electron chi connectivity index (χ2n) is 2.72. The van der Waals surface area contributed by atoms with Crippen molar-refractivity contribution in [2.75, 3.05) is 0 Å². The molecule has 0 saturated heterocycles. The van der Waals surface area contributed by atoms with Gasteiger partial charge < -0.3 is 0 Å². The monoisotopic (exact) mass is 181 g/mol. The first-order valence-electron chi connectivity index (χ1n) is 4.14. The zero-order valence-electron chi connectivity index (χ0n) is 7.38. The van der Waals surface area contributed by atoms with Crippen molar-refractivity contribution >= 4 is 5.69 Å². The Morgan fingerprint density at radius 2 is 2.00 bits per heavy atom. The van der Waals surface area contributed by atoms with E-state index in [0.717, 1.165) is 5.56 Å². The third kappa shape index (κ3) is 1.46. The lowest BCUT2D eigenvalue weighted by molar-refractivity contribution is 1.28. The quantitative estimate of drug-likeness (QED) is 0.633. The Hall–Kier alpha value is -2.21. The first-order chi connectivity index (χ1) is 6.92. The van der Waals surface area contributed by atoms with Crippen molar-refractivity contribution in [1.29, 1.82) is 0 Å². The van der Waals surface area contributed by atoms with Crippen molar-refractivity contribution < 1.29 is 0 Å². The van der Waals surface area contributed by atoms with Crippen LogP contribution in [-0.2, 0) is 0 Å². The molecule has 0 aliphatic heterocycles. The van der Waals surface area contributed by atoms with Crippen LogP contribution in [0.25, 0.3) is 16.1 Å². The molecular formula is C11H7N3. The summed E-state index contributed by atoms with van der Waals surface area (Å²) in [5.74, 6) is 0. The summed E-state index contributed by atoms with van der Waals surface area (Å²) in [6.45, 7) is 7.00.